The summed E-state index contributed by atoms with van der Waals surface area (Å²) >= 11 is 0. The predicted octanol–water partition coefficient (Wildman–Crippen LogP) is -1.88. The molecule has 1 saturated heterocycles. The van der Waals surface area contributed by atoms with Gasteiger partial charge in [-0.3, -0.25) is 0 Å². The van der Waals surface area contributed by atoms with E-state index >= 15 is 0 Å². The summed E-state index contributed by atoms with van der Waals surface area (Å²) in [7, 11) is 0. The van der Waals surface area contributed by atoms with E-state index in [9.17, 15) is 0 Å². The van der Waals surface area contributed by atoms with Crippen molar-refractivity contribution < 1.29 is 34.1 Å². The summed E-state index contributed by atoms with van der Waals surface area (Å²) in [5.41, 5.74) is 0. The average Bonchev–Trinajstić information content (AvgIpc) is 2.00. The molecule has 0 aromatic carbocycles. The molecule has 0 saturated carbocycles. The van der Waals surface area contributed by atoms with Crippen molar-refractivity contribution in [3.63, 3.8) is 0 Å². The van der Waals surface area contributed by atoms with E-state index < -0.39 is 0 Å². The van der Waals surface area contributed by atoms with Crippen molar-refractivity contribution in [2.75, 3.05) is 39.3 Å². The van der Waals surface area contributed by atoms with Crippen LogP contribution >= 0.6 is 0 Å². The normalized spacial score (nSPS) is 19.6. The zero-order valence-corrected chi connectivity index (χ0v) is 8.78. The van der Waals surface area contributed by atoms with Gasteiger partial charge in [0, 0.05) is 0 Å². The molecular weight excluding hydrogens is 197 g/mol. The van der Waals surface area contributed by atoms with Crippen molar-refractivity contribution in [1.82, 2.24) is 0 Å². The van der Waals surface area contributed by atoms with Crippen LogP contribution in [-0.4, -0.2) is 39.3 Å². The Labute approximate surface area is 89.4 Å². The Balaban J connectivity index is 0. The molecule has 0 aromatic rings. The van der Waals surface area contributed by atoms with Crippen molar-refractivity contribution in [1.29, 1.82) is 0 Å². The van der Waals surface area contributed by atoms with Crippen molar-refractivity contribution in [3.8, 4) is 0 Å². The van der Waals surface area contributed by atoms with Crippen LogP contribution in [0, 0.1) is 0 Å². The Morgan fingerprint density at radius 3 is 0.909 bits per heavy atom. The van der Waals surface area contributed by atoms with Gasteiger partial charge in [-0.05, 0) is 0 Å². The number of rotatable bonds is 0. The molecule has 0 spiro atoms. The summed E-state index contributed by atoms with van der Waals surface area (Å²) in [6, 6.07) is 0. The third-order valence-electron chi connectivity index (χ3n) is 1.25. The van der Waals surface area contributed by atoms with Crippen LogP contribution in [0.25, 0.3) is 16.0 Å². The van der Waals surface area contributed by atoms with E-state index in [0.29, 0.717) is 0 Å². The summed E-state index contributed by atoms with van der Waals surface area (Å²) in [6.07, 6.45) is 0. The van der Waals surface area contributed by atoms with Crippen LogP contribution in [0.15, 0.2) is 0 Å². The van der Waals surface area contributed by atoms with Gasteiger partial charge in [0.05, 0.1) is 0 Å². The third-order valence-corrected chi connectivity index (χ3v) is 1.25. The minimum atomic E-state index is 0. The summed E-state index contributed by atoms with van der Waals surface area (Å²) in [5, 5.41) is 12.6. The van der Waals surface area contributed by atoms with Gasteiger partial charge < -0.3 is 28.4 Å². The Kier molecular flexibility index (Phi) is 14.3. The van der Waals surface area contributed by atoms with Crippen molar-refractivity contribution >= 4 is 0 Å². The van der Waals surface area contributed by atoms with Gasteiger partial charge in [-0.2, -0.15) is 39.3 Å². The second-order valence-corrected chi connectivity index (χ2v) is 2.01. The predicted molar refractivity (Wildman–Crippen MR) is 39.3 cm³/mol. The molecule has 62 valence electrons. The minimum absolute atomic E-state index is 0. The molecule has 0 radical (unpaired) electrons. The van der Waals surface area contributed by atoms with E-state index in [2.05, 4.69) is 16.0 Å². The molecule has 1 fully saturated rings. The molecule has 0 aliphatic carbocycles. The molecular formula is C6H12ClN3Ti. The molecule has 1 heterocycles. The SMILES string of the molecule is C1C[N-]CC[N-]CC[N-]1.[Cl-].[Ti+4]. The fraction of sp³-hybridized carbons (Fsp3) is 1.00. The van der Waals surface area contributed by atoms with Crippen LogP contribution in [0.4, 0.5) is 0 Å². The van der Waals surface area contributed by atoms with Crippen LogP contribution in [0.5, 0.6) is 0 Å². The molecule has 3 nitrogen and oxygen atoms in total. The van der Waals surface area contributed by atoms with Gasteiger partial charge >= 0.3 is 21.7 Å². The fourth-order valence-corrected chi connectivity index (χ4v) is 0.760. The smallest absolute Gasteiger partial charge is 1.00 e. The van der Waals surface area contributed by atoms with Crippen molar-refractivity contribution in [2.24, 2.45) is 0 Å². The monoisotopic (exact) mass is 209 g/mol. The molecule has 0 bridgehead atoms. The Morgan fingerprint density at radius 1 is 0.545 bits per heavy atom. The number of hydrogen-bond donors (Lipinski definition) is 0. The minimum Gasteiger partial charge on any atom is -1.00 e. The largest absolute Gasteiger partial charge is 4.00 e. The maximum atomic E-state index is 4.20. The standard InChI is InChI=1S/C6H12N3.ClH.Ti/c1-2-8-5-6-9-4-3-7-1;;/h1-6H2;1H;/q-3;;+4/p-1. The number of halogens is 1. The molecule has 0 N–H and O–H groups in total. The van der Waals surface area contributed by atoms with Gasteiger partial charge in [0.25, 0.3) is 0 Å². The first-order chi connectivity index (χ1) is 4.50. The second kappa shape index (κ2) is 10.9. The van der Waals surface area contributed by atoms with Gasteiger partial charge in [0.15, 0.2) is 0 Å². The van der Waals surface area contributed by atoms with Crippen molar-refractivity contribution in [3.05, 3.63) is 16.0 Å². The fourth-order valence-electron chi connectivity index (χ4n) is 0.760. The van der Waals surface area contributed by atoms with E-state index in [1.807, 2.05) is 0 Å². The van der Waals surface area contributed by atoms with Gasteiger partial charge in [-0.25, -0.2) is 0 Å². The number of nitrogens with zero attached hydrogens (tertiary/aromatic N) is 3. The zero-order valence-electron chi connectivity index (χ0n) is 6.46. The molecule has 0 amide bonds. The van der Waals surface area contributed by atoms with Gasteiger partial charge in [-0.1, -0.05) is 0 Å². The Hall–Kier alpha value is 0.884. The molecule has 0 unspecified atom stereocenters. The maximum absolute atomic E-state index is 4.20. The van der Waals surface area contributed by atoms with Gasteiger partial charge in [-0.15, -0.1) is 0 Å². The summed E-state index contributed by atoms with van der Waals surface area (Å²) in [5.74, 6) is 0. The first kappa shape index (κ1) is 14.4. The number of hydrogen-bond acceptors (Lipinski definition) is 0. The molecule has 11 heavy (non-hydrogen) atoms. The van der Waals surface area contributed by atoms with Crippen LogP contribution in [-0.2, 0) is 21.7 Å². The summed E-state index contributed by atoms with van der Waals surface area (Å²) in [6.45, 7) is 5.39. The Morgan fingerprint density at radius 2 is 0.727 bits per heavy atom. The summed E-state index contributed by atoms with van der Waals surface area (Å²) in [4.78, 5) is 0. The third kappa shape index (κ3) is 8.79. The maximum Gasteiger partial charge on any atom is 4.00 e. The van der Waals surface area contributed by atoms with Crippen LogP contribution < -0.4 is 12.4 Å². The van der Waals surface area contributed by atoms with E-state index in [0.717, 1.165) is 39.3 Å². The molecule has 0 aromatic heterocycles. The summed E-state index contributed by atoms with van der Waals surface area (Å²) < 4.78 is 0. The van der Waals surface area contributed by atoms with E-state index in [-0.39, 0.29) is 34.1 Å². The average molecular weight is 210 g/mol. The molecule has 5 heteroatoms. The van der Waals surface area contributed by atoms with E-state index in [1.54, 1.807) is 0 Å². The first-order valence-electron chi connectivity index (χ1n) is 3.40. The molecule has 1 aliphatic heterocycles. The Bertz CT molecular complexity index is 46.3. The van der Waals surface area contributed by atoms with Crippen LogP contribution in [0.2, 0.25) is 0 Å². The van der Waals surface area contributed by atoms with Crippen molar-refractivity contribution in [2.45, 2.75) is 0 Å². The first-order valence-corrected chi connectivity index (χ1v) is 3.40. The topological polar surface area (TPSA) is 42.3 Å². The molecule has 0 atom stereocenters. The van der Waals surface area contributed by atoms with E-state index in [1.165, 1.54) is 0 Å². The van der Waals surface area contributed by atoms with Crippen LogP contribution in [0.1, 0.15) is 0 Å². The van der Waals surface area contributed by atoms with Gasteiger partial charge in [0.2, 0.25) is 0 Å². The zero-order chi connectivity index (χ0) is 6.36. The second-order valence-electron chi connectivity index (χ2n) is 2.01. The van der Waals surface area contributed by atoms with E-state index in [4.69, 9.17) is 0 Å². The van der Waals surface area contributed by atoms with Crippen LogP contribution in [0.3, 0.4) is 0 Å². The molecule has 1 aliphatic rings. The quantitative estimate of drug-likeness (QED) is 0.419. The van der Waals surface area contributed by atoms with Gasteiger partial charge in [0.1, 0.15) is 0 Å². The molecule has 1 rings (SSSR count).